The third-order valence-corrected chi connectivity index (χ3v) is 4.52. The van der Waals surface area contributed by atoms with Gasteiger partial charge in [-0.25, -0.2) is 4.79 Å². The zero-order valence-corrected chi connectivity index (χ0v) is 12.6. The van der Waals surface area contributed by atoms with Crippen LogP contribution in [0.3, 0.4) is 0 Å². The minimum absolute atomic E-state index is 0.115. The summed E-state index contributed by atoms with van der Waals surface area (Å²) in [5.74, 6) is -0.228. The van der Waals surface area contributed by atoms with Crippen LogP contribution in [0.5, 0.6) is 0 Å². The fourth-order valence-corrected chi connectivity index (χ4v) is 3.20. The normalized spacial score (nSPS) is 29.6. The van der Waals surface area contributed by atoms with Gasteiger partial charge in [0.15, 0.2) is 0 Å². The molecule has 0 bridgehead atoms. The van der Waals surface area contributed by atoms with E-state index in [-0.39, 0.29) is 6.03 Å². The molecule has 1 N–H and O–H groups in total. The largest absolute Gasteiger partial charge is 0.480 e. The Morgan fingerprint density at radius 2 is 1.75 bits per heavy atom. The fourth-order valence-electron chi connectivity index (χ4n) is 3.20. The first-order valence-corrected chi connectivity index (χ1v) is 7.42. The second-order valence-corrected chi connectivity index (χ2v) is 6.16. The maximum atomic E-state index is 12.5. The molecule has 3 atom stereocenters. The molecule has 2 aliphatic heterocycles. The van der Waals surface area contributed by atoms with Gasteiger partial charge >= 0.3 is 12.0 Å². The van der Waals surface area contributed by atoms with Gasteiger partial charge in [-0.15, -0.1) is 0 Å². The zero-order valence-electron chi connectivity index (χ0n) is 12.6. The Hall–Kier alpha value is -1.30. The number of carboxylic acid groups (broad SMARTS) is 1. The minimum atomic E-state index is -0.799. The van der Waals surface area contributed by atoms with Crippen LogP contribution in [-0.2, 0) is 4.79 Å². The molecule has 0 aromatic rings. The molecular weight excluding hydrogens is 258 g/mol. The van der Waals surface area contributed by atoms with Crippen molar-refractivity contribution in [3.63, 3.8) is 0 Å². The summed E-state index contributed by atoms with van der Waals surface area (Å²) in [6.07, 6.45) is 1.07. The van der Waals surface area contributed by atoms with Crippen molar-refractivity contribution in [2.75, 3.05) is 32.7 Å². The van der Waals surface area contributed by atoms with Gasteiger partial charge in [0, 0.05) is 38.8 Å². The summed E-state index contributed by atoms with van der Waals surface area (Å²) >= 11 is 0. The molecule has 6 heteroatoms. The number of nitrogens with zero attached hydrogens (tertiary/aromatic N) is 3. The summed E-state index contributed by atoms with van der Waals surface area (Å²) in [5.41, 5.74) is 0. The molecule has 2 fully saturated rings. The number of carbonyl (C=O) groups excluding carboxylic acids is 1. The lowest BCUT2D eigenvalue weighted by molar-refractivity contribution is -0.143. The van der Waals surface area contributed by atoms with Gasteiger partial charge in [-0.05, 0) is 26.2 Å². The second-order valence-electron chi connectivity index (χ2n) is 6.16. The third kappa shape index (κ3) is 3.06. The number of carboxylic acids is 1. The molecule has 0 spiro atoms. The molecule has 114 valence electrons. The van der Waals surface area contributed by atoms with E-state index < -0.39 is 12.0 Å². The average Bonchev–Trinajstić information content (AvgIpc) is 2.76. The quantitative estimate of drug-likeness (QED) is 0.819. The highest BCUT2D eigenvalue weighted by Gasteiger charge is 2.34. The molecule has 0 aromatic heterocycles. The van der Waals surface area contributed by atoms with Gasteiger partial charge in [-0.1, -0.05) is 6.92 Å². The van der Waals surface area contributed by atoms with E-state index in [9.17, 15) is 9.59 Å². The van der Waals surface area contributed by atoms with Crippen molar-refractivity contribution < 1.29 is 14.7 Å². The highest BCUT2D eigenvalue weighted by Crippen LogP contribution is 2.24. The van der Waals surface area contributed by atoms with E-state index in [4.69, 9.17) is 5.11 Å². The molecule has 2 heterocycles. The first-order valence-electron chi connectivity index (χ1n) is 7.42. The first kappa shape index (κ1) is 15.1. The standard InChI is InChI=1S/C14H25N3O3/c1-10-8-11(2)17(9-10)14(20)16-6-4-15(5-7-16)12(3)13(18)19/h10-12H,4-9H2,1-3H3,(H,18,19). The average molecular weight is 283 g/mol. The molecule has 20 heavy (non-hydrogen) atoms. The van der Waals surface area contributed by atoms with Gasteiger partial charge in [0.1, 0.15) is 6.04 Å². The van der Waals surface area contributed by atoms with Gasteiger partial charge in [0.25, 0.3) is 0 Å². The van der Waals surface area contributed by atoms with Crippen LogP contribution in [0.4, 0.5) is 4.79 Å². The van der Waals surface area contributed by atoms with E-state index >= 15 is 0 Å². The monoisotopic (exact) mass is 283 g/mol. The molecule has 6 nitrogen and oxygen atoms in total. The smallest absolute Gasteiger partial charge is 0.320 e. The maximum Gasteiger partial charge on any atom is 0.320 e. The topological polar surface area (TPSA) is 64.1 Å². The van der Waals surface area contributed by atoms with Crippen LogP contribution in [-0.4, -0.2) is 76.6 Å². The molecule has 0 aliphatic carbocycles. The summed E-state index contributed by atoms with van der Waals surface area (Å²) in [5, 5.41) is 9.02. The summed E-state index contributed by atoms with van der Waals surface area (Å²) < 4.78 is 0. The molecule has 0 aromatic carbocycles. The highest BCUT2D eigenvalue weighted by atomic mass is 16.4. The van der Waals surface area contributed by atoms with Crippen LogP contribution in [0.1, 0.15) is 27.2 Å². The van der Waals surface area contributed by atoms with Crippen LogP contribution in [0.15, 0.2) is 0 Å². The van der Waals surface area contributed by atoms with Crippen LogP contribution >= 0.6 is 0 Å². The Bertz CT molecular complexity index is 380. The Morgan fingerprint density at radius 1 is 1.15 bits per heavy atom. The Balaban J connectivity index is 1.87. The van der Waals surface area contributed by atoms with Crippen molar-refractivity contribution in [1.29, 1.82) is 0 Å². The number of amides is 2. The fraction of sp³-hybridized carbons (Fsp3) is 0.857. The van der Waals surface area contributed by atoms with Crippen molar-refractivity contribution in [3.05, 3.63) is 0 Å². The zero-order chi connectivity index (χ0) is 14.9. The van der Waals surface area contributed by atoms with E-state index in [0.717, 1.165) is 13.0 Å². The Morgan fingerprint density at radius 3 is 2.20 bits per heavy atom. The lowest BCUT2D eigenvalue weighted by atomic mass is 10.1. The molecule has 2 saturated heterocycles. The molecule has 0 saturated carbocycles. The minimum Gasteiger partial charge on any atom is -0.480 e. The van der Waals surface area contributed by atoms with Crippen LogP contribution in [0.2, 0.25) is 0 Å². The van der Waals surface area contributed by atoms with Gasteiger partial charge in [0.2, 0.25) is 0 Å². The van der Waals surface area contributed by atoms with E-state index in [2.05, 4.69) is 13.8 Å². The molecule has 2 rings (SSSR count). The third-order valence-electron chi connectivity index (χ3n) is 4.52. The van der Waals surface area contributed by atoms with E-state index in [1.807, 2.05) is 14.7 Å². The highest BCUT2D eigenvalue weighted by molar-refractivity contribution is 5.75. The first-order chi connectivity index (χ1) is 9.40. The lowest BCUT2D eigenvalue weighted by Crippen LogP contribution is -2.56. The van der Waals surface area contributed by atoms with Crippen molar-refractivity contribution in [1.82, 2.24) is 14.7 Å². The summed E-state index contributed by atoms with van der Waals surface area (Å²) in [4.78, 5) is 29.2. The summed E-state index contributed by atoms with van der Waals surface area (Å²) in [6.45, 7) is 9.33. The lowest BCUT2D eigenvalue weighted by Gasteiger charge is -2.38. The molecule has 0 radical (unpaired) electrons. The van der Waals surface area contributed by atoms with Crippen LogP contribution in [0.25, 0.3) is 0 Å². The second kappa shape index (κ2) is 5.99. The van der Waals surface area contributed by atoms with Gasteiger partial charge < -0.3 is 14.9 Å². The van der Waals surface area contributed by atoms with E-state index in [0.29, 0.717) is 38.1 Å². The Kier molecular flexibility index (Phi) is 4.52. The summed E-state index contributed by atoms with van der Waals surface area (Å²) in [7, 11) is 0. The van der Waals surface area contributed by atoms with Crippen molar-refractivity contribution in [2.45, 2.75) is 39.3 Å². The number of piperazine rings is 1. The number of rotatable bonds is 2. The van der Waals surface area contributed by atoms with Crippen molar-refractivity contribution >= 4 is 12.0 Å². The predicted molar refractivity (Wildman–Crippen MR) is 75.6 cm³/mol. The number of carbonyl (C=O) groups is 2. The van der Waals surface area contributed by atoms with Gasteiger partial charge in [-0.3, -0.25) is 9.69 Å². The van der Waals surface area contributed by atoms with Crippen LogP contribution < -0.4 is 0 Å². The van der Waals surface area contributed by atoms with Gasteiger partial charge in [-0.2, -0.15) is 0 Å². The number of aliphatic carboxylic acids is 1. The maximum absolute atomic E-state index is 12.5. The molecular formula is C14H25N3O3. The molecule has 3 unspecified atom stereocenters. The predicted octanol–water partition coefficient (Wildman–Crippen LogP) is 0.927. The van der Waals surface area contributed by atoms with Crippen molar-refractivity contribution in [2.24, 2.45) is 5.92 Å². The number of likely N-dealkylation sites (tertiary alicyclic amines) is 1. The van der Waals surface area contributed by atoms with Gasteiger partial charge in [0.05, 0.1) is 0 Å². The molecule has 2 amide bonds. The van der Waals surface area contributed by atoms with Crippen molar-refractivity contribution in [3.8, 4) is 0 Å². The van der Waals surface area contributed by atoms with E-state index in [1.54, 1.807) is 6.92 Å². The number of hydrogen-bond acceptors (Lipinski definition) is 3. The number of hydrogen-bond donors (Lipinski definition) is 1. The van der Waals surface area contributed by atoms with Crippen LogP contribution in [0, 0.1) is 5.92 Å². The molecule has 2 aliphatic rings. The Labute approximate surface area is 120 Å². The summed E-state index contributed by atoms with van der Waals surface area (Å²) in [6, 6.07) is -0.0454. The SMILES string of the molecule is CC1CC(C)N(C(=O)N2CCN(C(C)C(=O)O)CC2)C1. The van der Waals surface area contributed by atoms with E-state index in [1.165, 1.54) is 0 Å². The number of urea groups is 1.